The Morgan fingerprint density at radius 3 is 1.23 bits per heavy atom. The summed E-state index contributed by atoms with van der Waals surface area (Å²) in [5.41, 5.74) is 6.32. The molecule has 0 unspecified atom stereocenters. The van der Waals surface area contributed by atoms with E-state index in [2.05, 4.69) is 95.2 Å². The largest absolute Gasteiger partial charge is 0.0561 e. The molecule has 125 valence electrons. The van der Waals surface area contributed by atoms with Crippen molar-refractivity contribution < 1.29 is 0 Å². The molecule has 0 aromatic heterocycles. The van der Waals surface area contributed by atoms with Gasteiger partial charge in [0, 0.05) is 0 Å². The molecule has 1 rings (SSSR count). The lowest BCUT2D eigenvalue weighted by Crippen LogP contribution is -2.32. The Bertz CT molecular complexity index is 481. The molecule has 0 heterocycles. The Labute approximate surface area is 139 Å². The molecular formula is C22H37. The van der Waals surface area contributed by atoms with E-state index in [0.29, 0.717) is 0 Å². The van der Waals surface area contributed by atoms with E-state index in [1.54, 1.807) is 0 Å². The van der Waals surface area contributed by atoms with Gasteiger partial charge in [-0.25, -0.2) is 0 Å². The van der Waals surface area contributed by atoms with Crippen LogP contribution in [0.5, 0.6) is 0 Å². The lowest BCUT2D eigenvalue weighted by atomic mass is 9.64. The summed E-state index contributed by atoms with van der Waals surface area (Å²) in [5.74, 6) is 0. The predicted octanol–water partition coefficient (Wildman–Crippen LogP) is 6.68. The molecule has 0 atom stereocenters. The second-order valence-corrected chi connectivity index (χ2v) is 10.8. The second-order valence-electron chi connectivity index (χ2n) is 10.8. The van der Waals surface area contributed by atoms with E-state index in [1.807, 2.05) is 0 Å². The first-order valence-corrected chi connectivity index (χ1v) is 8.58. The molecule has 0 nitrogen and oxygen atoms in total. The molecule has 22 heavy (non-hydrogen) atoms. The van der Waals surface area contributed by atoms with Crippen molar-refractivity contribution >= 4 is 0 Å². The molecule has 0 fully saturated rings. The molecule has 0 saturated carbocycles. The average molecular weight is 302 g/mol. The van der Waals surface area contributed by atoms with E-state index in [9.17, 15) is 0 Å². The van der Waals surface area contributed by atoms with Crippen LogP contribution in [0.1, 0.15) is 105 Å². The molecule has 0 bridgehead atoms. The standard InChI is InChI=1S/C22H37/c1-19(2,3)15-13-14-16(20(4,5)6)18(22(10,11)12)17(15)21(7,8)9/h13H,1-12H3. The van der Waals surface area contributed by atoms with Crippen molar-refractivity contribution in [2.45, 2.75) is 105 Å². The van der Waals surface area contributed by atoms with Gasteiger partial charge in [-0.3, -0.25) is 0 Å². The van der Waals surface area contributed by atoms with Crippen molar-refractivity contribution in [3.05, 3.63) is 34.4 Å². The zero-order valence-corrected chi connectivity index (χ0v) is 17.1. The molecule has 0 saturated heterocycles. The van der Waals surface area contributed by atoms with E-state index in [1.165, 1.54) is 22.3 Å². The fraction of sp³-hybridized carbons (Fsp3) is 0.727. The van der Waals surface area contributed by atoms with Crippen molar-refractivity contribution in [3.63, 3.8) is 0 Å². The summed E-state index contributed by atoms with van der Waals surface area (Å²) in [6.45, 7) is 27.9. The molecule has 0 amide bonds. The van der Waals surface area contributed by atoms with E-state index < -0.39 is 0 Å². The van der Waals surface area contributed by atoms with E-state index in [-0.39, 0.29) is 21.7 Å². The molecule has 0 N–H and O–H groups in total. The van der Waals surface area contributed by atoms with Crippen molar-refractivity contribution in [2.24, 2.45) is 0 Å². The average Bonchev–Trinajstić information content (AvgIpc) is 2.22. The Morgan fingerprint density at radius 1 is 0.545 bits per heavy atom. The lowest BCUT2D eigenvalue weighted by molar-refractivity contribution is 0.476. The highest BCUT2D eigenvalue weighted by Gasteiger charge is 2.35. The van der Waals surface area contributed by atoms with Crippen LogP contribution in [0.2, 0.25) is 0 Å². The molecule has 0 spiro atoms. The zero-order chi connectivity index (χ0) is 17.7. The molecule has 0 aliphatic heterocycles. The highest BCUT2D eigenvalue weighted by molar-refractivity contribution is 5.52. The van der Waals surface area contributed by atoms with Crippen LogP contribution >= 0.6 is 0 Å². The van der Waals surface area contributed by atoms with Gasteiger partial charge >= 0.3 is 0 Å². The van der Waals surface area contributed by atoms with Gasteiger partial charge in [-0.05, 0) is 50.0 Å². The van der Waals surface area contributed by atoms with Crippen molar-refractivity contribution in [3.8, 4) is 0 Å². The maximum Gasteiger partial charge on any atom is -0.0123 e. The first-order valence-electron chi connectivity index (χ1n) is 8.58. The molecule has 1 aromatic rings. The smallest absolute Gasteiger partial charge is 0.0123 e. The maximum absolute atomic E-state index is 3.67. The van der Waals surface area contributed by atoms with E-state index in [0.717, 1.165) is 0 Å². The third-order valence-electron chi connectivity index (χ3n) is 4.19. The van der Waals surface area contributed by atoms with E-state index >= 15 is 0 Å². The van der Waals surface area contributed by atoms with Gasteiger partial charge in [-0.2, -0.15) is 0 Å². The van der Waals surface area contributed by atoms with Crippen molar-refractivity contribution in [1.82, 2.24) is 0 Å². The third-order valence-corrected chi connectivity index (χ3v) is 4.19. The highest BCUT2D eigenvalue weighted by atomic mass is 14.4. The number of benzene rings is 1. The monoisotopic (exact) mass is 301 g/mol. The van der Waals surface area contributed by atoms with Gasteiger partial charge in [-0.1, -0.05) is 89.2 Å². The molecule has 0 heteroatoms. The fourth-order valence-electron chi connectivity index (χ4n) is 3.26. The predicted molar refractivity (Wildman–Crippen MR) is 100 cm³/mol. The van der Waals surface area contributed by atoms with Gasteiger partial charge < -0.3 is 0 Å². The van der Waals surface area contributed by atoms with Gasteiger partial charge in [0.15, 0.2) is 0 Å². The van der Waals surface area contributed by atoms with Crippen molar-refractivity contribution in [1.29, 1.82) is 0 Å². The minimum atomic E-state index is 0.110. The first kappa shape index (κ1) is 19.3. The molecule has 1 radical (unpaired) electrons. The minimum Gasteiger partial charge on any atom is -0.0561 e. The lowest BCUT2D eigenvalue weighted by Gasteiger charge is -2.40. The van der Waals surface area contributed by atoms with Crippen LogP contribution in [0.4, 0.5) is 0 Å². The van der Waals surface area contributed by atoms with Crippen LogP contribution in [0.15, 0.2) is 6.07 Å². The van der Waals surface area contributed by atoms with Crippen LogP contribution in [-0.2, 0) is 21.7 Å². The third kappa shape index (κ3) is 3.94. The van der Waals surface area contributed by atoms with Crippen LogP contribution in [0, 0.1) is 6.07 Å². The van der Waals surface area contributed by atoms with Crippen LogP contribution in [0.3, 0.4) is 0 Å². The fourth-order valence-corrected chi connectivity index (χ4v) is 3.26. The Balaban J connectivity index is 4.02. The quantitative estimate of drug-likeness (QED) is 0.501. The summed E-state index contributed by atoms with van der Waals surface area (Å²) in [6, 6.07) is 5.93. The molecule has 0 aliphatic rings. The normalized spacial score (nSPS) is 14.4. The van der Waals surface area contributed by atoms with Crippen LogP contribution in [-0.4, -0.2) is 0 Å². The molecule has 0 aliphatic carbocycles. The van der Waals surface area contributed by atoms with Gasteiger partial charge in [0.05, 0.1) is 0 Å². The van der Waals surface area contributed by atoms with Gasteiger partial charge in [0.25, 0.3) is 0 Å². The molecular weight excluding hydrogens is 264 g/mol. The number of rotatable bonds is 0. The van der Waals surface area contributed by atoms with Crippen LogP contribution in [0.25, 0.3) is 0 Å². The number of hydrogen-bond donors (Lipinski definition) is 0. The second kappa shape index (κ2) is 5.39. The molecule has 1 aromatic carbocycles. The summed E-state index contributed by atoms with van der Waals surface area (Å²) in [4.78, 5) is 0. The first-order chi connectivity index (χ1) is 9.47. The Morgan fingerprint density at radius 2 is 0.955 bits per heavy atom. The van der Waals surface area contributed by atoms with Gasteiger partial charge in [0.1, 0.15) is 0 Å². The van der Waals surface area contributed by atoms with Gasteiger partial charge in [-0.15, -0.1) is 0 Å². The number of hydrogen-bond acceptors (Lipinski definition) is 0. The summed E-state index contributed by atoms with van der Waals surface area (Å²) in [5, 5.41) is 0. The summed E-state index contributed by atoms with van der Waals surface area (Å²) in [7, 11) is 0. The minimum absolute atomic E-state index is 0.110. The van der Waals surface area contributed by atoms with Gasteiger partial charge in [0.2, 0.25) is 0 Å². The Kier molecular flexibility index (Phi) is 4.72. The topological polar surface area (TPSA) is 0 Å². The summed E-state index contributed by atoms with van der Waals surface area (Å²) in [6.07, 6.45) is 0. The summed E-state index contributed by atoms with van der Waals surface area (Å²) < 4.78 is 0. The summed E-state index contributed by atoms with van der Waals surface area (Å²) >= 11 is 0. The maximum atomic E-state index is 3.67. The Hall–Kier alpha value is -0.780. The van der Waals surface area contributed by atoms with Crippen molar-refractivity contribution in [2.75, 3.05) is 0 Å². The van der Waals surface area contributed by atoms with E-state index in [4.69, 9.17) is 0 Å². The van der Waals surface area contributed by atoms with Crippen LogP contribution < -0.4 is 0 Å². The highest BCUT2D eigenvalue weighted by Crippen LogP contribution is 2.44. The SMILES string of the molecule is CC(C)(C)c1[c]cc(C(C)(C)C)c(C(C)(C)C)c1C(C)(C)C. The zero-order valence-electron chi connectivity index (χ0n) is 17.1.